The van der Waals surface area contributed by atoms with E-state index in [-0.39, 0.29) is 29.7 Å². The maximum Gasteiger partial charge on any atom is 0.407 e. The molecule has 2 atom stereocenters. The summed E-state index contributed by atoms with van der Waals surface area (Å²) in [6.07, 6.45) is 5.02. The van der Waals surface area contributed by atoms with Crippen LogP contribution in [0.25, 0.3) is 0 Å². The molecule has 2 fully saturated rings. The first-order valence-corrected chi connectivity index (χ1v) is 10.4. The Hall–Kier alpha value is -0.820. The minimum atomic E-state index is -2.81. The van der Waals surface area contributed by atoms with E-state index in [1.165, 1.54) is 0 Å². The molecule has 2 N–H and O–H groups in total. The predicted molar refractivity (Wildman–Crippen MR) is 90.2 cm³/mol. The molecule has 7 heteroatoms. The number of hydrogen-bond acceptors (Lipinski definition) is 5. The van der Waals surface area contributed by atoms with Gasteiger partial charge in [-0.05, 0) is 59.3 Å². The second-order valence-corrected chi connectivity index (χ2v) is 10.1. The normalized spacial score (nSPS) is 29.0. The molecule has 0 bridgehead atoms. The Balaban J connectivity index is 1.76. The van der Waals surface area contributed by atoms with E-state index in [1.807, 2.05) is 20.8 Å². The molecular formula is C16H30N2O4S. The van der Waals surface area contributed by atoms with Crippen molar-refractivity contribution in [2.45, 2.75) is 83.0 Å². The summed E-state index contributed by atoms with van der Waals surface area (Å²) >= 11 is 0. The molecule has 0 aromatic rings. The molecule has 0 spiro atoms. The monoisotopic (exact) mass is 346 g/mol. The maximum absolute atomic E-state index is 11.9. The summed E-state index contributed by atoms with van der Waals surface area (Å²) in [6.45, 7) is 5.57. The molecule has 0 aromatic heterocycles. The van der Waals surface area contributed by atoms with Gasteiger partial charge in [0.1, 0.15) is 15.4 Å². The van der Waals surface area contributed by atoms with Crippen LogP contribution in [0.15, 0.2) is 0 Å². The van der Waals surface area contributed by atoms with Crippen LogP contribution >= 0.6 is 0 Å². The fourth-order valence-corrected chi connectivity index (χ4v) is 4.83. The molecule has 6 nitrogen and oxygen atoms in total. The fourth-order valence-electron chi connectivity index (χ4n) is 3.34. The van der Waals surface area contributed by atoms with Gasteiger partial charge in [0.25, 0.3) is 0 Å². The Morgan fingerprint density at radius 3 is 2.22 bits per heavy atom. The molecule has 0 aromatic carbocycles. The highest BCUT2D eigenvalue weighted by Gasteiger charge is 2.29. The van der Waals surface area contributed by atoms with Crippen molar-refractivity contribution in [3.05, 3.63) is 0 Å². The van der Waals surface area contributed by atoms with Gasteiger partial charge in [0.05, 0.1) is 11.5 Å². The number of amides is 1. The van der Waals surface area contributed by atoms with Gasteiger partial charge in [-0.3, -0.25) is 0 Å². The summed E-state index contributed by atoms with van der Waals surface area (Å²) in [7, 11) is -2.81. The van der Waals surface area contributed by atoms with Crippen molar-refractivity contribution in [1.82, 2.24) is 10.6 Å². The average Bonchev–Trinajstić information content (AvgIpc) is 2.39. The molecule has 1 amide bonds. The quantitative estimate of drug-likeness (QED) is 0.816. The average molecular weight is 346 g/mol. The number of carbonyl (C=O) groups is 1. The summed E-state index contributed by atoms with van der Waals surface area (Å²) in [5, 5.41) is 6.55. The molecular weight excluding hydrogens is 316 g/mol. The molecule has 2 aliphatic rings. The first-order chi connectivity index (χ1) is 10.6. The van der Waals surface area contributed by atoms with Crippen molar-refractivity contribution in [2.75, 3.05) is 11.5 Å². The molecule has 0 radical (unpaired) electrons. The third-order valence-electron chi connectivity index (χ3n) is 4.42. The van der Waals surface area contributed by atoms with Gasteiger partial charge in [-0.25, -0.2) is 13.2 Å². The zero-order chi connectivity index (χ0) is 17.1. The number of rotatable bonds is 3. The molecule has 134 valence electrons. The molecule has 1 aliphatic carbocycles. The second kappa shape index (κ2) is 7.38. The number of carbonyl (C=O) groups excluding carboxylic acids is 1. The first kappa shape index (κ1) is 18.5. The van der Waals surface area contributed by atoms with Crippen LogP contribution < -0.4 is 10.6 Å². The third-order valence-corrected chi connectivity index (χ3v) is 6.14. The van der Waals surface area contributed by atoms with Crippen molar-refractivity contribution in [1.29, 1.82) is 0 Å². The summed E-state index contributed by atoms with van der Waals surface area (Å²) in [5.41, 5.74) is -0.482. The fraction of sp³-hybridized carbons (Fsp3) is 0.938. The zero-order valence-corrected chi connectivity index (χ0v) is 15.2. The van der Waals surface area contributed by atoms with Gasteiger partial charge in [0.15, 0.2) is 0 Å². The SMILES string of the molecule is CC(C)(C)OC(=O)NC1CCCC(NC2CCS(=O)(=O)CC2)C1. The van der Waals surface area contributed by atoms with Gasteiger partial charge in [0, 0.05) is 18.1 Å². The van der Waals surface area contributed by atoms with Crippen LogP contribution in [0.3, 0.4) is 0 Å². The van der Waals surface area contributed by atoms with E-state index in [0.29, 0.717) is 18.9 Å². The van der Waals surface area contributed by atoms with Gasteiger partial charge >= 0.3 is 6.09 Å². The lowest BCUT2D eigenvalue weighted by Crippen LogP contribution is -2.49. The van der Waals surface area contributed by atoms with Crippen LogP contribution in [-0.4, -0.2) is 49.7 Å². The van der Waals surface area contributed by atoms with Crippen molar-refractivity contribution >= 4 is 15.9 Å². The van der Waals surface area contributed by atoms with Crippen molar-refractivity contribution in [3.63, 3.8) is 0 Å². The van der Waals surface area contributed by atoms with Crippen molar-refractivity contribution in [2.24, 2.45) is 0 Å². The smallest absolute Gasteiger partial charge is 0.407 e. The Labute approximate surface area is 139 Å². The van der Waals surface area contributed by atoms with Gasteiger partial charge in [0.2, 0.25) is 0 Å². The van der Waals surface area contributed by atoms with E-state index < -0.39 is 15.4 Å². The van der Waals surface area contributed by atoms with Gasteiger partial charge in [-0.15, -0.1) is 0 Å². The molecule has 1 saturated heterocycles. The molecule has 1 aliphatic heterocycles. The van der Waals surface area contributed by atoms with E-state index in [0.717, 1.165) is 25.7 Å². The summed E-state index contributed by atoms with van der Waals surface area (Å²) in [4.78, 5) is 11.9. The van der Waals surface area contributed by atoms with Crippen LogP contribution in [0, 0.1) is 0 Å². The summed E-state index contributed by atoms with van der Waals surface area (Å²) in [5.74, 6) is 0.577. The lowest BCUT2D eigenvalue weighted by Gasteiger charge is -2.34. The van der Waals surface area contributed by atoms with E-state index in [1.54, 1.807) is 0 Å². The van der Waals surface area contributed by atoms with Crippen molar-refractivity contribution in [3.8, 4) is 0 Å². The number of alkyl carbamates (subject to hydrolysis) is 1. The molecule has 1 heterocycles. The summed E-state index contributed by atoms with van der Waals surface area (Å²) < 4.78 is 28.3. The van der Waals surface area contributed by atoms with Crippen LogP contribution in [0.1, 0.15) is 59.3 Å². The Morgan fingerprint density at radius 1 is 1.00 bits per heavy atom. The maximum atomic E-state index is 11.9. The molecule has 23 heavy (non-hydrogen) atoms. The van der Waals surface area contributed by atoms with Crippen molar-refractivity contribution < 1.29 is 17.9 Å². The van der Waals surface area contributed by atoms with E-state index in [9.17, 15) is 13.2 Å². The van der Waals surface area contributed by atoms with Crippen LogP contribution in [0.5, 0.6) is 0 Å². The largest absolute Gasteiger partial charge is 0.444 e. The molecule has 2 rings (SSSR count). The lowest BCUT2D eigenvalue weighted by molar-refractivity contribution is 0.0487. The van der Waals surface area contributed by atoms with Crippen LogP contribution in [0.2, 0.25) is 0 Å². The Bertz CT molecular complexity index is 499. The highest BCUT2D eigenvalue weighted by Crippen LogP contribution is 2.22. The number of hydrogen-bond donors (Lipinski definition) is 2. The van der Waals surface area contributed by atoms with Gasteiger partial charge in [-0.1, -0.05) is 0 Å². The lowest BCUT2D eigenvalue weighted by atomic mass is 9.90. The van der Waals surface area contributed by atoms with E-state index >= 15 is 0 Å². The first-order valence-electron chi connectivity index (χ1n) is 8.59. The third kappa shape index (κ3) is 6.67. The summed E-state index contributed by atoms with van der Waals surface area (Å²) in [6, 6.07) is 0.752. The Kier molecular flexibility index (Phi) is 5.94. The van der Waals surface area contributed by atoms with Crippen LogP contribution in [-0.2, 0) is 14.6 Å². The highest BCUT2D eigenvalue weighted by molar-refractivity contribution is 7.91. The standard InChI is InChI=1S/C16H30N2O4S/c1-16(2,3)22-15(19)18-14-6-4-5-13(11-14)17-12-7-9-23(20,21)10-8-12/h12-14,17H,4-11H2,1-3H3,(H,18,19). The van der Waals surface area contributed by atoms with Gasteiger partial charge < -0.3 is 15.4 Å². The molecule has 1 saturated carbocycles. The second-order valence-electron chi connectivity index (χ2n) is 7.80. The highest BCUT2D eigenvalue weighted by atomic mass is 32.2. The van der Waals surface area contributed by atoms with Gasteiger partial charge in [-0.2, -0.15) is 0 Å². The Morgan fingerprint density at radius 2 is 1.61 bits per heavy atom. The number of nitrogens with one attached hydrogen (secondary N) is 2. The molecule has 2 unspecified atom stereocenters. The zero-order valence-electron chi connectivity index (χ0n) is 14.4. The minimum absolute atomic E-state index is 0.128. The number of sulfone groups is 1. The van der Waals surface area contributed by atoms with E-state index in [4.69, 9.17) is 4.74 Å². The topological polar surface area (TPSA) is 84.5 Å². The predicted octanol–water partition coefficient (Wildman–Crippen LogP) is 1.99. The van der Waals surface area contributed by atoms with Crippen LogP contribution in [0.4, 0.5) is 4.79 Å². The van der Waals surface area contributed by atoms with E-state index in [2.05, 4.69) is 10.6 Å². The minimum Gasteiger partial charge on any atom is -0.444 e. The number of ether oxygens (including phenoxy) is 1.